The molecule has 0 radical (unpaired) electrons. The summed E-state index contributed by atoms with van der Waals surface area (Å²) in [6.07, 6.45) is 4.27. The molecule has 0 saturated carbocycles. The van der Waals surface area contributed by atoms with Gasteiger partial charge in [0.15, 0.2) is 0 Å². The van der Waals surface area contributed by atoms with Crippen LogP contribution in [0.25, 0.3) is 12.2 Å². The molecular formula is C11H8N4O4. The summed E-state index contributed by atoms with van der Waals surface area (Å²) in [5.41, 5.74) is -2.21. The maximum atomic E-state index is 11.3. The molecule has 0 amide bonds. The van der Waals surface area contributed by atoms with E-state index in [0.717, 1.165) is 0 Å². The number of rotatable bonds is 3. The molecule has 0 fully saturated rings. The highest BCUT2D eigenvalue weighted by Gasteiger charge is 2.18. The van der Waals surface area contributed by atoms with Gasteiger partial charge in [0.1, 0.15) is 5.69 Å². The second-order valence-electron chi connectivity index (χ2n) is 3.52. The zero-order valence-electron chi connectivity index (χ0n) is 9.49. The van der Waals surface area contributed by atoms with Gasteiger partial charge in [-0.15, -0.1) is 0 Å². The number of pyridine rings is 1. The smallest absolute Gasteiger partial charge is 0.301 e. The van der Waals surface area contributed by atoms with Gasteiger partial charge in [-0.3, -0.25) is 24.9 Å². The molecule has 0 atom stereocenters. The number of nitrogens with one attached hydrogen (secondary N) is 2. The molecule has 0 saturated heterocycles. The maximum absolute atomic E-state index is 11.3. The number of hydrogen-bond acceptors (Lipinski definition) is 5. The normalized spacial score (nSPS) is 10.7. The first kappa shape index (κ1) is 12.4. The number of hydrogen-bond donors (Lipinski definition) is 2. The summed E-state index contributed by atoms with van der Waals surface area (Å²) in [6, 6.07) is 5.13. The highest BCUT2D eigenvalue weighted by atomic mass is 16.6. The predicted molar refractivity (Wildman–Crippen MR) is 67.5 cm³/mol. The molecule has 0 unspecified atom stereocenters. The van der Waals surface area contributed by atoms with E-state index in [0.29, 0.717) is 5.69 Å². The molecule has 2 heterocycles. The molecule has 0 aliphatic carbocycles. The van der Waals surface area contributed by atoms with Crippen molar-refractivity contribution in [3.8, 4) is 0 Å². The van der Waals surface area contributed by atoms with Gasteiger partial charge in [-0.2, -0.15) is 0 Å². The van der Waals surface area contributed by atoms with E-state index in [1.165, 1.54) is 12.2 Å². The average molecular weight is 260 g/mol. The monoisotopic (exact) mass is 260 g/mol. The van der Waals surface area contributed by atoms with Crippen molar-refractivity contribution in [2.24, 2.45) is 0 Å². The molecule has 19 heavy (non-hydrogen) atoms. The molecule has 8 nitrogen and oxygen atoms in total. The molecule has 0 aliphatic rings. The zero-order chi connectivity index (χ0) is 13.8. The van der Waals surface area contributed by atoms with E-state index in [1.54, 1.807) is 29.4 Å². The highest BCUT2D eigenvalue weighted by molar-refractivity contribution is 5.70. The van der Waals surface area contributed by atoms with Crippen LogP contribution in [0, 0.1) is 10.1 Å². The third-order valence-electron chi connectivity index (χ3n) is 2.24. The van der Waals surface area contributed by atoms with Gasteiger partial charge < -0.3 is 4.98 Å². The molecule has 0 spiro atoms. The number of nitro groups is 1. The quantitative estimate of drug-likeness (QED) is 0.616. The van der Waals surface area contributed by atoms with Gasteiger partial charge in [0.2, 0.25) is 0 Å². The number of nitrogens with zero attached hydrogens (tertiary/aromatic N) is 2. The Morgan fingerprint density at radius 3 is 2.63 bits per heavy atom. The van der Waals surface area contributed by atoms with Crippen molar-refractivity contribution in [2.45, 2.75) is 0 Å². The standard InChI is InChI=1S/C11H8N4O4/c16-10-9(15(18)19)8(13-11(17)14-10)5-4-7-3-1-2-6-12-7/h1-6H,(H2,13,14,16,17)/b5-4+. The van der Waals surface area contributed by atoms with Gasteiger partial charge in [0.05, 0.1) is 10.6 Å². The third-order valence-corrected chi connectivity index (χ3v) is 2.24. The van der Waals surface area contributed by atoms with Gasteiger partial charge in [0, 0.05) is 6.20 Å². The second kappa shape index (κ2) is 5.08. The first-order valence-electron chi connectivity index (χ1n) is 5.18. The van der Waals surface area contributed by atoms with Crippen molar-refractivity contribution in [1.82, 2.24) is 15.0 Å². The van der Waals surface area contributed by atoms with Crippen molar-refractivity contribution >= 4 is 17.8 Å². The Bertz CT molecular complexity index is 745. The Labute approximate surface area is 105 Å². The SMILES string of the molecule is O=c1[nH]c(/C=C/c2ccccn2)c([N+](=O)[O-])c(=O)[nH]1. The lowest BCUT2D eigenvalue weighted by molar-refractivity contribution is -0.386. The number of H-pyrrole nitrogens is 2. The first-order valence-corrected chi connectivity index (χ1v) is 5.18. The molecule has 2 rings (SSSR count). The van der Waals surface area contributed by atoms with Gasteiger partial charge in [-0.05, 0) is 24.3 Å². The van der Waals surface area contributed by atoms with Crippen LogP contribution in [-0.2, 0) is 0 Å². The van der Waals surface area contributed by atoms with Gasteiger partial charge >= 0.3 is 16.9 Å². The summed E-state index contributed by atoms with van der Waals surface area (Å²) >= 11 is 0. The van der Waals surface area contributed by atoms with Crippen LogP contribution in [0.15, 0.2) is 34.0 Å². The molecule has 2 aromatic rings. The lowest BCUT2D eigenvalue weighted by Crippen LogP contribution is -2.25. The Morgan fingerprint density at radius 2 is 2.00 bits per heavy atom. The van der Waals surface area contributed by atoms with Crippen LogP contribution < -0.4 is 11.2 Å². The van der Waals surface area contributed by atoms with E-state index in [4.69, 9.17) is 0 Å². The minimum atomic E-state index is -1.05. The Kier molecular flexibility index (Phi) is 3.33. The lowest BCUT2D eigenvalue weighted by atomic mass is 10.2. The van der Waals surface area contributed by atoms with E-state index in [-0.39, 0.29) is 5.69 Å². The van der Waals surface area contributed by atoms with Crippen molar-refractivity contribution in [3.05, 3.63) is 66.7 Å². The van der Waals surface area contributed by atoms with E-state index in [9.17, 15) is 19.7 Å². The molecule has 2 N–H and O–H groups in total. The van der Waals surface area contributed by atoms with Gasteiger partial charge in [0.25, 0.3) is 0 Å². The zero-order valence-corrected chi connectivity index (χ0v) is 9.49. The summed E-state index contributed by atoms with van der Waals surface area (Å²) in [4.78, 5) is 40.4. The molecule has 2 aromatic heterocycles. The van der Waals surface area contributed by atoms with E-state index < -0.39 is 21.9 Å². The lowest BCUT2D eigenvalue weighted by Gasteiger charge is -1.96. The Hall–Kier alpha value is -3.03. The molecule has 0 bridgehead atoms. The Balaban J connectivity index is 2.51. The van der Waals surface area contributed by atoms with Gasteiger partial charge in [-0.1, -0.05) is 6.07 Å². The molecule has 0 aromatic carbocycles. The summed E-state index contributed by atoms with van der Waals surface area (Å²) in [7, 11) is 0. The van der Waals surface area contributed by atoms with E-state index in [2.05, 4.69) is 9.97 Å². The fourth-order valence-electron chi connectivity index (χ4n) is 1.44. The van der Waals surface area contributed by atoms with Crippen LogP contribution in [0.3, 0.4) is 0 Å². The molecule has 8 heteroatoms. The van der Waals surface area contributed by atoms with Gasteiger partial charge in [-0.25, -0.2) is 4.79 Å². The molecule has 0 aliphatic heterocycles. The van der Waals surface area contributed by atoms with Crippen molar-refractivity contribution < 1.29 is 4.92 Å². The average Bonchev–Trinajstić information content (AvgIpc) is 2.36. The fourth-order valence-corrected chi connectivity index (χ4v) is 1.44. The summed E-state index contributed by atoms with van der Waals surface area (Å²) in [5.74, 6) is 0. The van der Waals surface area contributed by atoms with Crippen molar-refractivity contribution in [3.63, 3.8) is 0 Å². The van der Waals surface area contributed by atoms with Crippen LogP contribution in [0.2, 0.25) is 0 Å². The topological polar surface area (TPSA) is 122 Å². The minimum Gasteiger partial charge on any atom is -0.301 e. The fraction of sp³-hybridized carbons (Fsp3) is 0. The summed E-state index contributed by atoms with van der Waals surface area (Å²) < 4.78 is 0. The minimum absolute atomic E-state index is 0.176. The van der Waals surface area contributed by atoms with Crippen LogP contribution >= 0.6 is 0 Å². The van der Waals surface area contributed by atoms with Crippen LogP contribution in [0.5, 0.6) is 0 Å². The van der Waals surface area contributed by atoms with Crippen LogP contribution in [0.1, 0.15) is 11.4 Å². The maximum Gasteiger partial charge on any atom is 0.357 e. The third kappa shape index (κ3) is 2.80. The Morgan fingerprint density at radius 1 is 1.21 bits per heavy atom. The summed E-state index contributed by atoms with van der Waals surface area (Å²) in [5, 5.41) is 10.8. The van der Waals surface area contributed by atoms with Crippen LogP contribution in [0.4, 0.5) is 5.69 Å². The highest BCUT2D eigenvalue weighted by Crippen LogP contribution is 2.11. The van der Waals surface area contributed by atoms with E-state index in [1.807, 2.05) is 0 Å². The molecular weight excluding hydrogens is 252 g/mol. The first-order chi connectivity index (χ1) is 9.08. The summed E-state index contributed by atoms with van der Waals surface area (Å²) in [6.45, 7) is 0. The number of aromatic amines is 2. The molecule has 96 valence electrons. The van der Waals surface area contributed by atoms with Crippen LogP contribution in [-0.4, -0.2) is 19.9 Å². The van der Waals surface area contributed by atoms with E-state index >= 15 is 0 Å². The van der Waals surface area contributed by atoms with Crippen molar-refractivity contribution in [1.29, 1.82) is 0 Å². The number of aromatic nitrogens is 3. The van der Waals surface area contributed by atoms with Crippen molar-refractivity contribution in [2.75, 3.05) is 0 Å². The predicted octanol–water partition coefficient (Wildman–Crippen LogP) is 0.537. The largest absolute Gasteiger partial charge is 0.357 e. The second-order valence-corrected chi connectivity index (χ2v) is 3.52.